The Bertz CT molecular complexity index is 402. The number of anilines is 1. The van der Waals surface area contributed by atoms with Crippen LogP contribution in [0.2, 0.25) is 0 Å². The third kappa shape index (κ3) is 6.35. The maximum atomic E-state index is 5.45. The molecule has 10 heteroatoms. The largest absolute Gasteiger partial charge is 0.381 e. The topological polar surface area (TPSA) is 133 Å². The van der Waals surface area contributed by atoms with Gasteiger partial charge < -0.3 is 17.3 Å². The van der Waals surface area contributed by atoms with E-state index < -0.39 is 0 Å². The van der Waals surface area contributed by atoms with Crippen LogP contribution in [-0.4, -0.2) is 45.1 Å². The van der Waals surface area contributed by atoms with Crippen molar-refractivity contribution in [2.45, 2.75) is 6.54 Å². The summed E-state index contributed by atoms with van der Waals surface area (Å²) in [5.74, 6) is 7.46. The zero-order valence-corrected chi connectivity index (χ0v) is 11.4. The monoisotopic (exact) mass is 288 g/mol. The summed E-state index contributed by atoms with van der Waals surface area (Å²) in [6, 6.07) is 0. The minimum atomic E-state index is 0.233. The number of hydrazone groups is 1. The van der Waals surface area contributed by atoms with Crippen molar-refractivity contribution in [3.05, 3.63) is 6.20 Å². The van der Waals surface area contributed by atoms with E-state index in [0.29, 0.717) is 12.4 Å². The van der Waals surface area contributed by atoms with Gasteiger partial charge in [0.1, 0.15) is 0 Å². The summed E-state index contributed by atoms with van der Waals surface area (Å²) in [5.41, 5.74) is 10.8. The second kappa shape index (κ2) is 8.64. The molecule has 100 valence electrons. The van der Waals surface area contributed by atoms with Crippen LogP contribution < -0.4 is 17.3 Å². The van der Waals surface area contributed by atoms with Crippen LogP contribution in [0.5, 0.6) is 0 Å². The standard InChI is InChI=1S/C8H16N8S2/c9-7(13-11)5-12-1-3-17-18-4-2-16-6-8(10)14-15-16/h5-6H,1-4,10-11H2,(H2,9,13). The predicted molar refractivity (Wildman–Crippen MR) is 78.5 cm³/mol. The first-order valence-corrected chi connectivity index (χ1v) is 7.64. The molecule has 1 rings (SSSR count). The van der Waals surface area contributed by atoms with Gasteiger partial charge in [-0.05, 0) is 0 Å². The van der Waals surface area contributed by atoms with Crippen molar-refractivity contribution in [3.8, 4) is 0 Å². The average molecular weight is 288 g/mol. The second-order valence-corrected chi connectivity index (χ2v) is 5.84. The van der Waals surface area contributed by atoms with E-state index in [-0.39, 0.29) is 5.84 Å². The minimum absolute atomic E-state index is 0.233. The molecule has 0 atom stereocenters. The number of nitrogens with zero attached hydrogens (tertiary/aromatic N) is 5. The van der Waals surface area contributed by atoms with Crippen molar-refractivity contribution in [2.75, 3.05) is 23.8 Å². The fourth-order valence-corrected chi connectivity index (χ4v) is 2.78. The SMILES string of the molecule is NN=C(N)C=NCCSSCCn1cc(N)nn1. The summed E-state index contributed by atoms with van der Waals surface area (Å²) in [6.45, 7) is 1.47. The zero-order valence-electron chi connectivity index (χ0n) is 9.77. The lowest BCUT2D eigenvalue weighted by Crippen LogP contribution is -2.15. The molecule has 0 fully saturated rings. The number of nitrogens with two attached hydrogens (primary N) is 3. The van der Waals surface area contributed by atoms with E-state index in [2.05, 4.69) is 20.4 Å². The van der Waals surface area contributed by atoms with E-state index in [9.17, 15) is 0 Å². The maximum absolute atomic E-state index is 5.45. The molecule has 0 unspecified atom stereocenters. The number of aryl methyl sites for hydroxylation is 1. The highest BCUT2D eigenvalue weighted by atomic mass is 33.1. The van der Waals surface area contributed by atoms with Crippen molar-refractivity contribution in [1.82, 2.24) is 15.0 Å². The van der Waals surface area contributed by atoms with Gasteiger partial charge in [0.25, 0.3) is 0 Å². The molecule has 0 aliphatic heterocycles. The van der Waals surface area contributed by atoms with Gasteiger partial charge in [-0.1, -0.05) is 26.8 Å². The third-order valence-electron chi connectivity index (χ3n) is 1.72. The maximum Gasteiger partial charge on any atom is 0.165 e. The molecule has 1 aromatic heterocycles. The number of hydrogen-bond donors (Lipinski definition) is 3. The average Bonchev–Trinajstić information content (AvgIpc) is 2.78. The van der Waals surface area contributed by atoms with Gasteiger partial charge >= 0.3 is 0 Å². The Morgan fingerprint density at radius 1 is 1.44 bits per heavy atom. The summed E-state index contributed by atoms with van der Waals surface area (Å²) in [6.07, 6.45) is 3.17. The number of nitrogen functional groups attached to an aromatic ring is 1. The van der Waals surface area contributed by atoms with Gasteiger partial charge in [-0.15, -0.1) is 5.10 Å². The normalized spacial score (nSPS) is 12.3. The van der Waals surface area contributed by atoms with Crippen molar-refractivity contribution < 1.29 is 0 Å². The van der Waals surface area contributed by atoms with Crippen molar-refractivity contribution in [3.63, 3.8) is 0 Å². The molecular formula is C8H16N8S2. The highest BCUT2D eigenvalue weighted by molar-refractivity contribution is 8.76. The molecule has 1 heterocycles. The molecule has 0 aromatic carbocycles. The summed E-state index contributed by atoms with van der Waals surface area (Å²) < 4.78 is 1.72. The molecule has 0 saturated carbocycles. The highest BCUT2D eigenvalue weighted by Gasteiger charge is 1.96. The summed E-state index contributed by atoms with van der Waals surface area (Å²) in [7, 11) is 3.49. The van der Waals surface area contributed by atoms with Crippen LogP contribution in [0.3, 0.4) is 0 Å². The fraction of sp³-hybridized carbons (Fsp3) is 0.500. The number of aliphatic imine (C=N–C) groups is 1. The molecular weight excluding hydrogens is 272 g/mol. The van der Waals surface area contributed by atoms with Crippen molar-refractivity contribution in [2.24, 2.45) is 21.7 Å². The first kappa shape index (κ1) is 14.6. The lowest BCUT2D eigenvalue weighted by Gasteiger charge is -1.99. The Morgan fingerprint density at radius 3 is 2.89 bits per heavy atom. The molecule has 18 heavy (non-hydrogen) atoms. The van der Waals surface area contributed by atoms with Crippen LogP contribution in [0.1, 0.15) is 0 Å². The van der Waals surface area contributed by atoms with E-state index >= 15 is 0 Å². The molecule has 0 amide bonds. The van der Waals surface area contributed by atoms with Crippen LogP contribution in [-0.2, 0) is 6.54 Å². The minimum Gasteiger partial charge on any atom is -0.381 e. The van der Waals surface area contributed by atoms with Crippen molar-refractivity contribution >= 4 is 39.5 Å². The highest BCUT2D eigenvalue weighted by Crippen LogP contribution is 2.20. The van der Waals surface area contributed by atoms with Gasteiger partial charge in [-0.25, -0.2) is 4.68 Å². The van der Waals surface area contributed by atoms with E-state index in [1.165, 1.54) is 6.21 Å². The van der Waals surface area contributed by atoms with E-state index in [0.717, 1.165) is 18.1 Å². The molecule has 1 aromatic rings. The Kier molecular flexibility index (Phi) is 7.03. The molecule has 0 spiro atoms. The Morgan fingerprint density at radius 2 is 2.22 bits per heavy atom. The zero-order chi connectivity index (χ0) is 13.2. The Labute approximate surface area is 113 Å². The molecule has 0 bridgehead atoms. The lowest BCUT2D eigenvalue weighted by molar-refractivity contribution is 0.633. The van der Waals surface area contributed by atoms with Crippen LogP contribution in [0, 0.1) is 0 Å². The summed E-state index contributed by atoms with van der Waals surface area (Å²) >= 11 is 0. The summed E-state index contributed by atoms with van der Waals surface area (Å²) in [5, 5.41) is 10.8. The van der Waals surface area contributed by atoms with Crippen LogP contribution in [0.15, 0.2) is 16.3 Å². The van der Waals surface area contributed by atoms with E-state index in [1.54, 1.807) is 32.5 Å². The Hall–Kier alpha value is -1.42. The van der Waals surface area contributed by atoms with Gasteiger partial charge in [0.05, 0.1) is 19.0 Å². The van der Waals surface area contributed by atoms with Gasteiger partial charge in [0.2, 0.25) is 0 Å². The van der Waals surface area contributed by atoms with Gasteiger partial charge in [0.15, 0.2) is 11.7 Å². The first-order valence-electron chi connectivity index (χ1n) is 5.15. The summed E-state index contributed by atoms with van der Waals surface area (Å²) in [4.78, 5) is 4.06. The molecule has 0 radical (unpaired) electrons. The van der Waals surface area contributed by atoms with E-state index in [1.807, 2.05) is 0 Å². The molecule has 0 aliphatic rings. The van der Waals surface area contributed by atoms with E-state index in [4.69, 9.17) is 17.3 Å². The van der Waals surface area contributed by atoms with Gasteiger partial charge in [-0.3, -0.25) is 4.99 Å². The van der Waals surface area contributed by atoms with Gasteiger partial charge in [0, 0.05) is 18.1 Å². The molecule has 8 nitrogen and oxygen atoms in total. The second-order valence-electron chi connectivity index (χ2n) is 3.14. The number of rotatable bonds is 8. The third-order valence-corrected chi connectivity index (χ3v) is 4.08. The van der Waals surface area contributed by atoms with Crippen LogP contribution >= 0.6 is 21.6 Å². The lowest BCUT2D eigenvalue weighted by atomic mass is 10.6. The number of aromatic nitrogens is 3. The Balaban J connectivity index is 1.98. The fourth-order valence-electron chi connectivity index (χ4n) is 0.953. The number of amidine groups is 1. The quantitative estimate of drug-likeness (QED) is 0.147. The smallest absolute Gasteiger partial charge is 0.165 e. The molecule has 0 aliphatic carbocycles. The number of hydrogen-bond acceptors (Lipinski definition) is 8. The van der Waals surface area contributed by atoms with Crippen molar-refractivity contribution in [1.29, 1.82) is 0 Å². The first-order chi connectivity index (χ1) is 8.72. The van der Waals surface area contributed by atoms with Crippen LogP contribution in [0.25, 0.3) is 0 Å². The predicted octanol–water partition coefficient (Wildman–Crippen LogP) is -0.457. The molecule has 0 saturated heterocycles. The van der Waals surface area contributed by atoms with Gasteiger partial charge in [-0.2, -0.15) is 5.10 Å². The molecule has 6 N–H and O–H groups in total. The van der Waals surface area contributed by atoms with Crippen LogP contribution in [0.4, 0.5) is 5.82 Å².